The van der Waals surface area contributed by atoms with E-state index in [1.54, 1.807) is 7.11 Å². The first kappa shape index (κ1) is 17.2. The zero-order chi connectivity index (χ0) is 18.4. The third-order valence-electron chi connectivity index (χ3n) is 4.71. The van der Waals surface area contributed by atoms with Crippen LogP contribution >= 0.6 is 11.6 Å². The minimum absolute atomic E-state index is 0.0682. The Hall–Kier alpha value is -2.27. The lowest BCUT2D eigenvalue weighted by Crippen LogP contribution is -2.12. The summed E-state index contributed by atoms with van der Waals surface area (Å²) in [5.74, 6) is 1.56. The Bertz CT molecular complexity index is 995. The molecule has 0 bridgehead atoms. The second-order valence-corrected chi connectivity index (χ2v) is 7.31. The Morgan fingerprint density at radius 1 is 1.23 bits per heavy atom. The molecule has 0 saturated carbocycles. The van der Waals surface area contributed by atoms with Gasteiger partial charge in [-0.05, 0) is 58.2 Å². The number of methoxy groups -OCH3 is 1. The fourth-order valence-electron chi connectivity index (χ4n) is 3.58. The van der Waals surface area contributed by atoms with Crippen molar-refractivity contribution in [2.75, 3.05) is 7.11 Å². The number of aryl methyl sites for hydroxylation is 2. The molecule has 0 saturated heterocycles. The van der Waals surface area contributed by atoms with Crippen LogP contribution in [0.25, 0.3) is 16.8 Å². The number of benzene rings is 1. The van der Waals surface area contributed by atoms with Crippen LogP contribution in [0.4, 0.5) is 0 Å². The maximum atomic E-state index is 6.51. The van der Waals surface area contributed by atoms with Gasteiger partial charge in [0.25, 0.3) is 0 Å². The maximum absolute atomic E-state index is 6.51. The van der Waals surface area contributed by atoms with Gasteiger partial charge in [-0.1, -0.05) is 11.6 Å². The summed E-state index contributed by atoms with van der Waals surface area (Å²) in [6.07, 6.45) is 3.11. The monoisotopic (exact) mass is 371 g/mol. The minimum Gasteiger partial charge on any atom is -0.497 e. The number of hydrogen-bond donors (Lipinski definition) is 0. The van der Waals surface area contributed by atoms with Gasteiger partial charge in [-0.3, -0.25) is 0 Å². The highest BCUT2D eigenvalue weighted by Gasteiger charge is 2.26. The molecule has 0 unspecified atom stereocenters. The van der Waals surface area contributed by atoms with Gasteiger partial charge < -0.3 is 9.47 Å². The van der Waals surface area contributed by atoms with Crippen molar-refractivity contribution in [2.45, 2.75) is 46.1 Å². The molecule has 6 heteroatoms. The zero-order valence-corrected chi connectivity index (χ0v) is 16.2. The van der Waals surface area contributed by atoms with Crippen molar-refractivity contribution < 1.29 is 9.47 Å². The third kappa shape index (κ3) is 2.71. The first-order valence-corrected chi connectivity index (χ1v) is 9.29. The smallest absolute Gasteiger partial charge is 0.221 e. The Morgan fingerprint density at radius 2 is 2.04 bits per heavy atom. The van der Waals surface area contributed by atoms with Crippen molar-refractivity contribution in [3.05, 3.63) is 40.2 Å². The van der Waals surface area contributed by atoms with Crippen LogP contribution in [0.1, 0.15) is 37.2 Å². The summed E-state index contributed by atoms with van der Waals surface area (Å²) in [5.41, 5.74) is 5.74. The van der Waals surface area contributed by atoms with Gasteiger partial charge in [0.1, 0.15) is 5.75 Å². The van der Waals surface area contributed by atoms with Crippen molar-refractivity contribution >= 4 is 17.2 Å². The number of fused-ring (bicyclic) bond motifs is 2. The Balaban J connectivity index is 2.02. The van der Waals surface area contributed by atoms with Crippen LogP contribution in [0, 0.1) is 6.92 Å². The molecule has 1 aromatic carbocycles. The number of aromatic nitrogens is 3. The van der Waals surface area contributed by atoms with E-state index in [0.29, 0.717) is 5.02 Å². The van der Waals surface area contributed by atoms with Gasteiger partial charge in [0, 0.05) is 16.1 Å². The molecule has 1 aliphatic carbocycles. The molecule has 0 atom stereocenters. The van der Waals surface area contributed by atoms with Crippen LogP contribution in [0.5, 0.6) is 11.6 Å². The fourth-order valence-corrected chi connectivity index (χ4v) is 3.79. The molecule has 0 aliphatic heterocycles. The van der Waals surface area contributed by atoms with E-state index in [9.17, 15) is 0 Å². The zero-order valence-electron chi connectivity index (χ0n) is 15.5. The van der Waals surface area contributed by atoms with Gasteiger partial charge in [-0.15, -0.1) is 0 Å². The number of rotatable bonds is 4. The predicted molar refractivity (Wildman–Crippen MR) is 103 cm³/mol. The average molecular weight is 372 g/mol. The van der Waals surface area contributed by atoms with Crippen LogP contribution in [0.15, 0.2) is 18.2 Å². The number of hydrogen-bond acceptors (Lipinski definition) is 4. The van der Waals surface area contributed by atoms with Crippen molar-refractivity contribution in [3.63, 3.8) is 0 Å². The summed E-state index contributed by atoms with van der Waals surface area (Å²) < 4.78 is 13.4. The second kappa shape index (κ2) is 6.47. The van der Waals surface area contributed by atoms with Gasteiger partial charge in [0.2, 0.25) is 5.88 Å². The molecular formula is C20H22ClN3O2. The van der Waals surface area contributed by atoms with Gasteiger partial charge >= 0.3 is 0 Å². The van der Waals surface area contributed by atoms with E-state index >= 15 is 0 Å². The molecule has 2 aromatic heterocycles. The van der Waals surface area contributed by atoms with Crippen molar-refractivity contribution in [2.24, 2.45) is 0 Å². The number of nitrogens with zero attached hydrogens (tertiary/aromatic N) is 3. The molecule has 136 valence electrons. The predicted octanol–water partition coefficient (Wildman–Crippen LogP) is 4.64. The number of ether oxygens (including phenoxy) is 2. The van der Waals surface area contributed by atoms with Crippen LogP contribution in [0.3, 0.4) is 0 Å². The first-order valence-electron chi connectivity index (χ1n) is 8.91. The molecule has 26 heavy (non-hydrogen) atoms. The van der Waals surface area contributed by atoms with Gasteiger partial charge in [-0.2, -0.15) is 9.61 Å². The van der Waals surface area contributed by atoms with E-state index < -0.39 is 0 Å². The van der Waals surface area contributed by atoms with E-state index in [4.69, 9.17) is 31.2 Å². The second-order valence-electron chi connectivity index (χ2n) is 6.90. The van der Waals surface area contributed by atoms with E-state index in [0.717, 1.165) is 59.1 Å². The van der Waals surface area contributed by atoms with Gasteiger partial charge in [0.05, 0.1) is 30.2 Å². The van der Waals surface area contributed by atoms with Crippen LogP contribution in [0.2, 0.25) is 5.02 Å². The molecule has 0 spiro atoms. The highest BCUT2D eigenvalue weighted by atomic mass is 35.5. The van der Waals surface area contributed by atoms with Crippen molar-refractivity contribution in [3.8, 4) is 22.8 Å². The fraction of sp³-hybridized carbons (Fsp3) is 0.400. The molecule has 0 amide bonds. The van der Waals surface area contributed by atoms with Crippen molar-refractivity contribution in [1.29, 1.82) is 0 Å². The maximum Gasteiger partial charge on any atom is 0.221 e. The summed E-state index contributed by atoms with van der Waals surface area (Å²) in [7, 11) is 1.65. The van der Waals surface area contributed by atoms with Crippen LogP contribution < -0.4 is 9.47 Å². The Morgan fingerprint density at radius 3 is 2.77 bits per heavy atom. The van der Waals surface area contributed by atoms with Gasteiger partial charge in [0.15, 0.2) is 5.65 Å². The average Bonchev–Trinajstić information content (AvgIpc) is 3.19. The topological polar surface area (TPSA) is 48.7 Å². The molecule has 0 N–H and O–H groups in total. The largest absolute Gasteiger partial charge is 0.497 e. The number of halogens is 1. The van der Waals surface area contributed by atoms with Crippen LogP contribution in [-0.2, 0) is 12.8 Å². The third-order valence-corrected chi connectivity index (χ3v) is 5.04. The standard InChI is InChI=1S/C20H22ClN3O2/c1-11(2)26-20-14-6-5-7-17(14)22-19-18(12(3)23-24(19)20)15-10-13(25-4)8-9-16(15)21/h8-11H,5-7H2,1-4H3. The highest BCUT2D eigenvalue weighted by molar-refractivity contribution is 6.33. The lowest BCUT2D eigenvalue weighted by atomic mass is 10.1. The lowest BCUT2D eigenvalue weighted by Gasteiger charge is -2.15. The molecule has 0 fully saturated rings. The van der Waals surface area contributed by atoms with Crippen molar-refractivity contribution in [1.82, 2.24) is 14.6 Å². The SMILES string of the molecule is COc1ccc(Cl)c(-c2c(C)nn3c(OC(C)C)c4c(nc23)CCC4)c1. The lowest BCUT2D eigenvalue weighted by molar-refractivity contribution is 0.224. The molecule has 2 heterocycles. The quantitative estimate of drug-likeness (QED) is 0.670. The molecule has 1 aliphatic rings. The summed E-state index contributed by atoms with van der Waals surface area (Å²) in [6, 6.07) is 5.63. The normalized spacial score (nSPS) is 13.5. The van der Waals surface area contributed by atoms with E-state index in [1.165, 1.54) is 5.56 Å². The summed E-state index contributed by atoms with van der Waals surface area (Å²) >= 11 is 6.51. The minimum atomic E-state index is 0.0682. The highest BCUT2D eigenvalue weighted by Crippen LogP contribution is 2.39. The van der Waals surface area contributed by atoms with Crippen LogP contribution in [-0.4, -0.2) is 27.8 Å². The summed E-state index contributed by atoms with van der Waals surface area (Å²) in [5, 5.41) is 5.40. The molecule has 0 radical (unpaired) electrons. The first-order chi connectivity index (χ1) is 12.5. The molecule has 5 nitrogen and oxygen atoms in total. The van der Waals surface area contributed by atoms with E-state index in [2.05, 4.69) is 0 Å². The summed E-state index contributed by atoms with van der Waals surface area (Å²) in [6.45, 7) is 6.04. The van der Waals surface area contributed by atoms with E-state index in [-0.39, 0.29) is 6.10 Å². The summed E-state index contributed by atoms with van der Waals surface area (Å²) in [4.78, 5) is 4.94. The van der Waals surface area contributed by atoms with E-state index in [1.807, 2.05) is 43.5 Å². The molecule has 4 rings (SSSR count). The Labute approximate surface area is 157 Å². The molecular weight excluding hydrogens is 350 g/mol. The van der Waals surface area contributed by atoms with Gasteiger partial charge in [-0.25, -0.2) is 4.98 Å². The Kier molecular flexibility index (Phi) is 4.27. The molecule has 3 aromatic rings.